The molecule has 2 heterocycles. The van der Waals surface area contributed by atoms with Gasteiger partial charge >= 0.3 is 0 Å². The zero-order valence-electron chi connectivity index (χ0n) is 14.6. The van der Waals surface area contributed by atoms with Gasteiger partial charge in [0.05, 0.1) is 6.54 Å². The lowest BCUT2D eigenvalue weighted by molar-refractivity contribution is -0.123. The Hall–Kier alpha value is -2.87. The van der Waals surface area contributed by atoms with Crippen LogP contribution in [-0.2, 0) is 11.3 Å². The summed E-state index contributed by atoms with van der Waals surface area (Å²) in [4.78, 5) is 16.2. The van der Waals surface area contributed by atoms with Crippen molar-refractivity contribution in [2.75, 3.05) is 6.61 Å². The van der Waals surface area contributed by atoms with E-state index >= 15 is 0 Å². The average molecular weight is 389 g/mol. The molecule has 2 aromatic heterocycles. The molecule has 0 saturated heterocycles. The third kappa shape index (κ3) is 4.28. The number of ether oxygens (including phenoxy) is 1. The normalized spacial score (nSPS) is 13.6. The average Bonchev–Trinajstić information content (AvgIpc) is 3.18. The fraction of sp³-hybridized carbons (Fsp3) is 0.333. The van der Waals surface area contributed by atoms with Gasteiger partial charge in [-0.05, 0) is 43.5 Å². The van der Waals surface area contributed by atoms with Gasteiger partial charge in [0, 0.05) is 17.0 Å². The molecule has 1 fully saturated rings. The van der Waals surface area contributed by atoms with Crippen molar-refractivity contribution in [2.24, 2.45) is 0 Å². The first kappa shape index (κ1) is 17.5. The fourth-order valence-corrected chi connectivity index (χ4v) is 2.76. The van der Waals surface area contributed by atoms with E-state index in [0.29, 0.717) is 28.2 Å². The summed E-state index contributed by atoms with van der Waals surface area (Å²) in [6, 6.07) is 7.03. The predicted octanol–water partition coefficient (Wildman–Crippen LogP) is 3.26. The third-order valence-corrected chi connectivity index (χ3v) is 4.37. The number of aromatic nitrogens is 3. The summed E-state index contributed by atoms with van der Waals surface area (Å²) in [7, 11) is 0. The Morgan fingerprint density at radius 3 is 2.93 bits per heavy atom. The maximum atomic E-state index is 12.0. The number of carbonyl (C=O) groups is 1. The number of carbonyl (C=O) groups excluding carboxylic acids is 1. The van der Waals surface area contributed by atoms with Crippen molar-refractivity contribution in [1.82, 2.24) is 20.6 Å². The highest BCUT2D eigenvalue weighted by atomic mass is 35.5. The molecule has 0 radical (unpaired) electrons. The molecule has 0 bridgehead atoms. The van der Waals surface area contributed by atoms with Crippen molar-refractivity contribution in [3.05, 3.63) is 46.5 Å². The zero-order chi connectivity index (χ0) is 18.8. The molecule has 0 unspecified atom stereocenters. The van der Waals surface area contributed by atoms with Crippen LogP contribution in [0.5, 0.6) is 5.75 Å². The van der Waals surface area contributed by atoms with Crippen LogP contribution in [0.3, 0.4) is 0 Å². The highest BCUT2D eigenvalue weighted by molar-refractivity contribution is 6.30. The van der Waals surface area contributed by atoms with E-state index < -0.39 is 0 Å². The van der Waals surface area contributed by atoms with Gasteiger partial charge in [0.2, 0.25) is 11.7 Å². The summed E-state index contributed by atoms with van der Waals surface area (Å²) in [5.74, 6) is 2.22. The lowest BCUT2D eigenvalue weighted by atomic mass is 10.2. The van der Waals surface area contributed by atoms with Crippen LogP contribution in [0.15, 0.2) is 33.3 Å². The van der Waals surface area contributed by atoms with Gasteiger partial charge in [-0.15, -0.1) is 0 Å². The second-order valence-electron chi connectivity index (χ2n) is 6.38. The first-order chi connectivity index (χ1) is 13.1. The Kier molecular flexibility index (Phi) is 4.81. The summed E-state index contributed by atoms with van der Waals surface area (Å²) in [6.45, 7) is 1.83. The largest absolute Gasteiger partial charge is 0.484 e. The van der Waals surface area contributed by atoms with E-state index in [2.05, 4.69) is 20.6 Å². The number of nitrogens with one attached hydrogen (secondary N) is 1. The van der Waals surface area contributed by atoms with Gasteiger partial charge in [0.1, 0.15) is 11.5 Å². The SMILES string of the molecule is Cc1cc(Cl)ccc1OCC(=O)NCc1nc(-c2cc(C3CC3)on2)no1. The van der Waals surface area contributed by atoms with Gasteiger partial charge < -0.3 is 19.1 Å². The number of hydrogen-bond acceptors (Lipinski definition) is 7. The molecule has 1 aliphatic rings. The Balaban J connectivity index is 1.28. The molecule has 8 nitrogen and oxygen atoms in total. The van der Waals surface area contributed by atoms with Crippen molar-refractivity contribution >= 4 is 17.5 Å². The van der Waals surface area contributed by atoms with E-state index in [1.165, 1.54) is 0 Å². The maximum absolute atomic E-state index is 12.0. The number of hydrogen-bond donors (Lipinski definition) is 1. The number of halogens is 1. The van der Waals surface area contributed by atoms with E-state index in [4.69, 9.17) is 25.4 Å². The maximum Gasteiger partial charge on any atom is 0.258 e. The monoisotopic (exact) mass is 388 g/mol. The second kappa shape index (κ2) is 7.40. The van der Waals surface area contributed by atoms with Crippen LogP contribution in [0, 0.1) is 6.92 Å². The zero-order valence-corrected chi connectivity index (χ0v) is 15.3. The summed E-state index contributed by atoms with van der Waals surface area (Å²) in [5, 5.41) is 11.1. The smallest absolute Gasteiger partial charge is 0.258 e. The van der Waals surface area contributed by atoms with Gasteiger partial charge in [-0.25, -0.2) is 0 Å². The number of amides is 1. The summed E-state index contributed by atoms with van der Waals surface area (Å²) in [5.41, 5.74) is 1.38. The fourth-order valence-electron chi connectivity index (χ4n) is 2.53. The van der Waals surface area contributed by atoms with E-state index in [1.807, 2.05) is 13.0 Å². The highest BCUT2D eigenvalue weighted by Crippen LogP contribution is 2.40. The number of aryl methyl sites for hydroxylation is 1. The number of benzene rings is 1. The van der Waals surface area contributed by atoms with Gasteiger partial charge in [0.25, 0.3) is 5.91 Å². The third-order valence-electron chi connectivity index (χ3n) is 4.14. The molecule has 4 rings (SSSR count). The Morgan fingerprint density at radius 1 is 1.30 bits per heavy atom. The minimum absolute atomic E-state index is 0.0993. The molecule has 9 heteroatoms. The Morgan fingerprint density at radius 2 is 2.15 bits per heavy atom. The summed E-state index contributed by atoms with van der Waals surface area (Å²) < 4.78 is 15.9. The van der Waals surface area contributed by atoms with Crippen molar-refractivity contribution < 1.29 is 18.6 Å². The standard InChI is InChI=1S/C18H17ClN4O4/c1-10-6-12(19)4-5-14(10)25-9-16(24)20-8-17-21-18(23-27-17)13-7-15(26-22-13)11-2-3-11/h4-7,11H,2-3,8-9H2,1H3,(H,20,24). The molecule has 0 aliphatic heterocycles. The Labute approximate surface area is 159 Å². The van der Waals surface area contributed by atoms with Crippen LogP contribution in [0.2, 0.25) is 5.02 Å². The highest BCUT2D eigenvalue weighted by Gasteiger charge is 2.28. The molecule has 27 heavy (non-hydrogen) atoms. The van der Waals surface area contributed by atoms with Gasteiger partial charge in [-0.1, -0.05) is 21.9 Å². The molecule has 0 atom stereocenters. The quantitative estimate of drug-likeness (QED) is 0.662. The first-order valence-electron chi connectivity index (χ1n) is 8.53. The van der Waals surface area contributed by atoms with Crippen molar-refractivity contribution in [2.45, 2.75) is 32.2 Å². The topological polar surface area (TPSA) is 103 Å². The van der Waals surface area contributed by atoms with Crippen LogP contribution < -0.4 is 10.1 Å². The summed E-state index contributed by atoms with van der Waals surface area (Å²) >= 11 is 5.89. The molecule has 1 aromatic carbocycles. The second-order valence-corrected chi connectivity index (χ2v) is 6.81. The van der Waals surface area contributed by atoms with E-state index in [-0.39, 0.29) is 24.9 Å². The van der Waals surface area contributed by atoms with E-state index in [1.54, 1.807) is 18.2 Å². The molecule has 1 N–H and O–H groups in total. The predicted molar refractivity (Wildman–Crippen MR) is 95.3 cm³/mol. The van der Waals surface area contributed by atoms with Crippen molar-refractivity contribution in [3.8, 4) is 17.3 Å². The van der Waals surface area contributed by atoms with Crippen molar-refractivity contribution in [1.29, 1.82) is 0 Å². The minimum Gasteiger partial charge on any atom is -0.484 e. The molecular formula is C18H17ClN4O4. The van der Waals surface area contributed by atoms with Crippen LogP contribution >= 0.6 is 11.6 Å². The lowest BCUT2D eigenvalue weighted by Crippen LogP contribution is -2.28. The molecule has 1 saturated carbocycles. The van der Waals surface area contributed by atoms with Crippen LogP contribution in [0.25, 0.3) is 11.5 Å². The van der Waals surface area contributed by atoms with Gasteiger partial charge in [-0.2, -0.15) is 4.98 Å². The number of rotatable bonds is 7. The number of nitrogens with zero attached hydrogens (tertiary/aromatic N) is 3. The first-order valence-corrected chi connectivity index (χ1v) is 8.91. The van der Waals surface area contributed by atoms with Gasteiger partial charge in [-0.3, -0.25) is 4.79 Å². The molecule has 1 aliphatic carbocycles. The van der Waals surface area contributed by atoms with Crippen LogP contribution in [0.4, 0.5) is 0 Å². The van der Waals surface area contributed by atoms with Crippen LogP contribution in [0.1, 0.15) is 36.0 Å². The Bertz CT molecular complexity index is 964. The van der Waals surface area contributed by atoms with Crippen LogP contribution in [-0.4, -0.2) is 27.8 Å². The molecule has 1 amide bonds. The van der Waals surface area contributed by atoms with E-state index in [9.17, 15) is 4.79 Å². The van der Waals surface area contributed by atoms with Crippen molar-refractivity contribution in [3.63, 3.8) is 0 Å². The molecule has 140 valence electrons. The summed E-state index contributed by atoms with van der Waals surface area (Å²) in [6.07, 6.45) is 2.24. The van der Waals surface area contributed by atoms with Gasteiger partial charge in [0.15, 0.2) is 12.3 Å². The molecule has 3 aromatic rings. The van der Waals surface area contributed by atoms with E-state index in [0.717, 1.165) is 24.2 Å². The minimum atomic E-state index is -0.304. The molecular weight excluding hydrogens is 372 g/mol. The lowest BCUT2D eigenvalue weighted by Gasteiger charge is -2.08. The molecule has 0 spiro atoms.